The number of rotatable bonds is 8. The SMILES string of the molecule is CCOC(=O)c1cc(C(=O)NCCSc2ccc(Cl)cc2)cc([N+](=O)[O-])c1. The van der Waals surface area contributed by atoms with Gasteiger partial charge in [0, 0.05) is 39.9 Å². The summed E-state index contributed by atoms with van der Waals surface area (Å²) >= 11 is 7.36. The van der Waals surface area contributed by atoms with Gasteiger partial charge in [-0.15, -0.1) is 11.8 Å². The van der Waals surface area contributed by atoms with Gasteiger partial charge in [-0.3, -0.25) is 14.9 Å². The molecule has 0 saturated carbocycles. The van der Waals surface area contributed by atoms with Crippen molar-refractivity contribution in [3.63, 3.8) is 0 Å². The molecule has 1 N–H and O–H groups in total. The first-order valence-corrected chi connectivity index (χ1v) is 9.40. The molecule has 0 aliphatic carbocycles. The number of nitrogens with zero attached hydrogens (tertiary/aromatic N) is 1. The smallest absolute Gasteiger partial charge is 0.338 e. The standard InChI is InChI=1S/C18H17ClN2O5S/c1-2-26-18(23)13-9-12(10-15(11-13)21(24)25)17(22)20-7-8-27-16-5-3-14(19)4-6-16/h3-6,9-11H,2,7-8H2,1H3,(H,20,22). The Labute approximate surface area is 165 Å². The van der Waals surface area contributed by atoms with Gasteiger partial charge in [-0.2, -0.15) is 0 Å². The summed E-state index contributed by atoms with van der Waals surface area (Å²) in [6.45, 7) is 2.11. The summed E-state index contributed by atoms with van der Waals surface area (Å²) in [5.74, 6) is -0.609. The van der Waals surface area contributed by atoms with E-state index in [0.29, 0.717) is 17.3 Å². The maximum Gasteiger partial charge on any atom is 0.338 e. The van der Waals surface area contributed by atoms with Crippen molar-refractivity contribution in [2.45, 2.75) is 11.8 Å². The second-order valence-electron chi connectivity index (χ2n) is 5.30. The summed E-state index contributed by atoms with van der Waals surface area (Å²) in [5.41, 5.74) is -0.350. The third kappa shape index (κ3) is 6.26. The zero-order valence-corrected chi connectivity index (χ0v) is 16.0. The number of carbonyl (C=O) groups excluding carboxylic acids is 2. The lowest BCUT2D eigenvalue weighted by molar-refractivity contribution is -0.384. The molecule has 2 rings (SSSR count). The van der Waals surface area contributed by atoms with Gasteiger partial charge in [-0.05, 0) is 37.3 Å². The lowest BCUT2D eigenvalue weighted by atomic mass is 10.1. The second-order valence-corrected chi connectivity index (χ2v) is 6.91. The number of benzene rings is 2. The van der Waals surface area contributed by atoms with Crippen molar-refractivity contribution in [3.8, 4) is 0 Å². The minimum atomic E-state index is -0.714. The minimum absolute atomic E-state index is 0.0312. The van der Waals surface area contributed by atoms with Gasteiger partial charge in [0.25, 0.3) is 11.6 Å². The van der Waals surface area contributed by atoms with E-state index < -0.39 is 16.8 Å². The number of halogens is 1. The molecule has 0 spiro atoms. The van der Waals surface area contributed by atoms with Crippen molar-refractivity contribution in [2.75, 3.05) is 18.9 Å². The monoisotopic (exact) mass is 408 g/mol. The minimum Gasteiger partial charge on any atom is -0.462 e. The average molecular weight is 409 g/mol. The Balaban J connectivity index is 2.00. The van der Waals surface area contributed by atoms with E-state index in [9.17, 15) is 19.7 Å². The maximum absolute atomic E-state index is 12.3. The molecule has 27 heavy (non-hydrogen) atoms. The normalized spacial score (nSPS) is 10.3. The van der Waals surface area contributed by atoms with E-state index in [1.54, 1.807) is 19.1 Å². The molecule has 1 amide bonds. The molecular weight excluding hydrogens is 392 g/mol. The van der Waals surface area contributed by atoms with Crippen LogP contribution >= 0.6 is 23.4 Å². The Hall–Kier alpha value is -2.58. The van der Waals surface area contributed by atoms with Gasteiger partial charge in [-0.25, -0.2) is 4.79 Å². The van der Waals surface area contributed by atoms with Gasteiger partial charge in [0.2, 0.25) is 0 Å². The molecule has 0 bridgehead atoms. The topological polar surface area (TPSA) is 98.5 Å². The number of hydrogen-bond acceptors (Lipinski definition) is 6. The Morgan fingerprint density at radius 1 is 1.19 bits per heavy atom. The summed E-state index contributed by atoms with van der Waals surface area (Å²) in [5, 5.41) is 14.4. The van der Waals surface area contributed by atoms with Crippen LogP contribution in [0.15, 0.2) is 47.4 Å². The molecule has 2 aromatic rings. The van der Waals surface area contributed by atoms with Gasteiger partial charge in [0.15, 0.2) is 0 Å². The highest BCUT2D eigenvalue weighted by molar-refractivity contribution is 7.99. The number of amides is 1. The molecule has 0 aliphatic heterocycles. The number of ether oxygens (including phenoxy) is 1. The molecule has 0 aromatic heterocycles. The number of nitro groups is 1. The Morgan fingerprint density at radius 3 is 2.48 bits per heavy atom. The third-order valence-electron chi connectivity index (χ3n) is 3.37. The van der Waals surface area contributed by atoms with E-state index in [1.165, 1.54) is 17.8 Å². The fraction of sp³-hybridized carbons (Fsp3) is 0.222. The van der Waals surface area contributed by atoms with Gasteiger partial charge < -0.3 is 10.1 Å². The third-order valence-corrected chi connectivity index (χ3v) is 4.64. The summed E-state index contributed by atoms with van der Waals surface area (Å²) in [7, 11) is 0. The van der Waals surface area contributed by atoms with Gasteiger partial charge in [-0.1, -0.05) is 11.6 Å². The molecule has 2 aromatic carbocycles. The molecule has 142 valence electrons. The molecule has 0 heterocycles. The Morgan fingerprint density at radius 2 is 1.85 bits per heavy atom. The molecule has 0 unspecified atom stereocenters. The highest BCUT2D eigenvalue weighted by Gasteiger charge is 2.18. The lowest BCUT2D eigenvalue weighted by Crippen LogP contribution is -2.26. The van der Waals surface area contributed by atoms with Crippen molar-refractivity contribution in [2.24, 2.45) is 0 Å². The van der Waals surface area contributed by atoms with Gasteiger partial charge in [0.05, 0.1) is 17.1 Å². The van der Waals surface area contributed by atoms with Gasteiger partial charge >= 0.3 is 5.97 Å². The van der Waals surface area contributed by atoms with Crippen LogP contribution in [0.3, 0.4) is 0 Å². The first kappa shape index (κ1) is 20.7. The summed E-state index contributed by atoms with van der Waals surface area (Å²) < 4.78 is 4.85. The molecule has 0 atom stereocenters. The fourth-order valence-electron chi connectivity index (χ4n) is 2.15. The van der Waals surface area contributed by atoms with Crippen LogP contribution in [0.4, 0.5) is 5.69 Å². The number of nitro benzene ring substituents is 1. The Bertz CT molecular complexity index is 842. The lowest BCUT2D eigenvalue weighted by Gasteiger charge is -2.07. The van der Waals surface area contributed by atoms with Crippen LogP contribution in [0.1, 0.15) is 27.6 Å². The van der Waals surface area contributed by atoms with Crippen molar-refractivity contribution in [3.05, 3.63) is 68.7 Å². The molecule has 0 aliphatic rings. The zero-order chi connectivity index (χ0) is 19.8. The molecule has 9 heteroatoms. The van der Waals surface area contributed by atoms with E-state index in [0.717, 1.165) is 17.0 Å². The maximum atomic E-state index is 12.3. The first-order chi connectivity index (χ1) is 12.9. The number of non-ortho nitro benzene ring substituents is 1. The van der Waals surface area contributed by atoms with E-state index in [2.05, 4.69) is 5.32 Å². The summed E-state index contributed by atoms with van der Waals surface area (Å²) in [4.78, 5) is 35.6. The average Bonchev–Trinajstić information content (AvgIpc) is 2.66. The molecule has 7 nitrogen and oxygen atoms in total. The van der Waals surface area contributed by atoms with E-state index >= 15 is 0 Å². The van der Waals surface area contributed by atoms with E-state index in [4.69, 9.17) is 16.3 Å². The molecule has 0 radical (unpaired) electrons. The highest BCUT2D eigenvalue weighted by Crippen LogP contribution is 2.20. The summed E-state index contributed by atoms with van der Waals surface area (Å²) in [6, 6.07) is 10.8. The zero-order valence-electron chi connectivity index (χ0n) is 14.4. The van der Waals surface area contributed by atoms with Crippen LogP contribution in [0.25, 0.3) is 0 Å². The number of esters is 1. The number of nitrogens with one attached hydrogen (secondary N) is 1. The Kier molecular flexibility index (Phi) is 7.63. The first-order valence-electron chi connectivity index (χ1n) is 8.04. The fourth-order valence-corrected chi connectivity index (χ4v) is 3.04. The number of hydrogen-bond donors (Lipinski definition) is 1. The number of thioether (sulfide) groups is 1. The quantitative estimate of drug-likeness (QED) is 0.233. The van der Waals surface area contributed by atoms with Crippen LogP contribution in [0.2, 0.25) is 5.02 Å². The van der Waals surface area contributed by atoms with Crippen LogP contribution < -0.4 is 5.32 Å². The predicted molar refractivity (Wildman–Crippen MR) is 104 cm³/mol. The molecular formula is C18H17ClN2O5S. The van der Waals surface area contributed by atoms with Crippen molar-refractivity contribution in [1.29, 1.82) is 0 Å². The van der Waals surface area contributed by atoms with E-state index in [1.807, 2.05) is 12.1 Å². The van der Waals surface area contributed by atoms with Crippen molar-refractivity contribution < 1.29 is 19.2 Å². The van der Waals surface area contributed by atoms with Crippen LogP contribution in [-0.2, 0) is 4.74 Å². The molecule has 0 saturated heterocycles. The number of carbonyl (C=O) groups is 2. The summed E-state index contributed by atoms with van der Waals surface area (Å²) in [6.07, 6.45) is 0. The van der Waals surface area contributed by atoms with E-state index in [-0.39, 0.29) is 23.4 Å². The second kappa shape index (κ2) is 9.94. The molecule has 0 fully saturated rings. The van der Waals surface area contributed by atoms with Crippen LogP contribution in [-0.4, -0.2) is 35.7 Å². The van der Waals surface area contributed by atoms with Crippen LogP contribution in [0.5, 0.6) is 0 Å². The van der Waals surface area contributed by atoms with Gasteiger partial charge in [0.1, 0.15) is 0 Å². The largest absolute Gasteiger partial charge is 0.462 e. The highest BCUT2D eigenvalue weighted by atomic mass is 35.5. The predicted octanol–water partition coefficient (Wildman–Crippen LogP) is 3.95. The van der Waals surface area contributed by atoms with Crippen LogP contribution in [0, 0.1) is 10.1 Å². The van der Waals surface area contributed by atoms with Crippen molar-refractivity contribution >= 4 is 40.9 Å². The van der Waals surface area contributed by atoms with Crippen molar-refractivity contribution in [1.82, 2.24) is 5.32 Å².